The van der Waals surface area contributed by atoms with Crippen LogP contribution in [0.3, 0.4) is 0 Å². The van der Waals surface area contributed by atoms with Crippen LogP contribution < -0.4 is 0 Å². The van der Waals surface area contributed by atoms with E-state index >= 15 is 0 Å². The van der Waals surface area contributed by atoms with E-state index in [4.69, 9.17) is 4.74 Å². The Morgan fingerprint density at radius 2 is 2.23 bits per heavy atom. The Kier molecular flexibility index (Phi) is 6.15. The van der Waals surface area contributed by atoms with Gasteiger partial charge in [0.15, 0.2) is 6.04 Å². The Labute approximate surface area is 129 Å². The Hall–Kier alpha value is -2.31. The second-order valence-electron chi connectivity index (χ2n) is 5.70. The van der Waals surface area contributed by atoms with Crippen LogP contribution in [0.4, 0.5) is 9.18 Å². The summed E-state index contributed by atoms with van der Waals surface area (Å²) in [5.74, 6) is -0.511. The van der Waals surface area contributed by atoms with Crippen molar-refractivity contribution in [3.8, 4) is 0 Å². The second-order valence-corrected chi connectivity index (χ2v) is 5.70. The van der Waals surface area contributed by atoms with Crippen molar-refractivity contribution in [3.05, 3.63) is 47.4 Å². The number of pyridine rings is 1. The molecule has 0 N–H and O–H groups in total. The average Bonchev–Trinajstić information content (AvgIpc) is 2.42. The predicted molar refractivity (Wildman–Crippen MR) is 80.7 cm³/mol. The van der Waals surface area contributed by atoms with Crippen molar-refractivity contribution in [1.82, 2.24) is 9.88 Å². The van der Waals surface area contributed by atoms with Crippen LogP contribution in [0, 0.1) is 10.7 Å². The highest BCUT2D eigenvalue weighted by atomic mass is 19.1. The lowest BCUT2D eigenvalue weighted by atomic mass is 10.2. The van der Waals surface area contributed by atoms with Crippen molar-refractivity contribution < 1.29 is 13.9 Å². The van der Waals surface area contributed by atoms with Gasteiger partial charge in [-0.15, -0.1) is 6.58 Å². The third kappa shape index (κ3) is 5.59. The largest absolute Gasteiger partial charge is 0.444 e. The summed E-state index contributed by atoms with van der Waals surface area (Å²) in [7, 11) is 0. The van der Waals surface area contributed by atoms with Crippen LogP contribution in [-0.2, 0) is 4.74 Å². The van der Waals surface area contributed by atoms with E-state index < -0.39 is 23.6 Å². The van der Waals surface area contributed by atoms with E-state index in [1.807, 2.05) is 0 Å². The molecule has 1 amide bonds. The number of halogens is 1. The van der Waals surface area contributed by atoms with Gasteiger partial charge in [0.05, 0.1) is 18.4 Å². The number of carbonyl (C=O) groups excluding carboxylic acids is 1. The number of hydrogen-bond acceptors (Lipinski definition) is 5. The third-order valence-corrected chi connectivity index (χ3v) is 2.61. The number of aromatic nitrogens is 1. The summed E-state index contributed by atoms with van der Waals surface area (Å²) >= 11 is 0. The lowest BCUT2D eigenvalue weighted by Gasteiger charge is -2.27. The Morgan fingerprint density at radius 3 is 2.68 bits per heavy atom. The van der Waals surface area contributed by atoms with E-state index in [2.05, 4.69) is 16.7 Å². The van der Waals surface area contributed by atoms with Gasteiger partial charge >= 0.3 is 6.09 Å². The lowest BCUT2D eigenvalue weighted by Crippen LogP contribution is -2.39. The molecule has 0 aliphatic heterocycles. The summed E-state index contributed by atoms with van der Waals surface area (Å²) in [6, 6.07) is 1.64. The van der Waals surface area contributed by atoms with Crippen molar-refractivity contribution in [2.45, 2.75) is 32.4 Å². The van der Waals surface area contributed by atoms with Gasteiger partial charge in [0.25, 0.3) is 0 Å². The Morgan fingerprint density at radius 1 is 1.55 bits per heavy atom. The van der Waals surface area contributed by atoms with Crippen LogP contribution in [-0.4, -0.2) is 34.7 Å². The minimum Gasteiger partial charge on any atom is -0.444 e. The molecule has 0 aliphatic rings. The molecule has 0 fully saturated rings. The summed E-state index contributed by atoms with van der Waals surface area (Å²) in [6.45, 7) is 8.98. The molecule has 22 heavy (non-hydrogen) atoms. The fourth-order valence-electron chi connectivity index (χ4n) is 1.68. The minimum absolute atomic E-state index is 0.0247. The molecule has 6 nitrogen and oxygen atoms in total. The highest BCUT2D eigenvalue weighted by Gasteiger charge is 2.25. The molecule has 0 aromatic carbocycles. The number of rotatable bonds is 6. The molecule has 1 aromatic rings. The number of hydrogen-bond donors (Lipinski definition) is 0. The van der Waals surface area contributed by atoms with Crippen molar-refractivity contribution >= 4 is 6.09 Å². The fraction of sp³-hybridized carbons (Fsp3) is 0.467. The maximum Gasteiger partial charge on any atom is 0.410 e. The smallest absolute Gasteiger partial charge is 0.410 e. The molecule has 1 unspecified atom stereocenters. The molecule has 120 valence electrons. The number of nitrogens with zero attached hydrogens (tertiary/aromatic N) is 3. The van der Waals surface area contributed by atoms with Crippen LogP contribution in [0.5, 0.6) is 0 Å². The molecule has 1 heterocycles. The summed E-state index contributed by atoms with van der Waals surface area (Å²) in [5, 5.41) is 2.97. The van der Waals surface area contributed by atoms with E-state index in [1.165, 1.54) is 23.1 Å². The second kappa shape index (κ2) is 7.63. The molecule has 0 saturated carbocycles. The first-order chi connectivity index (χ1) is 10.3. The molecule has 1 rings (SSSR count). The van der Waals surface area contributed by atoms with E-state index in [-0.39, 0.29) is 18.8 Å². The molecule has 0 spiro atoms. The summed E-state index contributed by atoms with van der Waals surface area (Å²) < 4.78 is 18.2. The normalized spacial score (nSPS) is 12.4. The van der Waals surface area contributed by atoms with Crippen molar-refractivity contribution in [2.24, 2.45) is 5.18 Å². The SMILES string of the molecule is C=CCN(CC(N=O)c1ccc(F)cn1)C(=O)OC(C)(C)C. The topological polar surface area (TPSA) is 71.9 Å². The quantitative estimate of drug-likeness (QED) is 0.596. The average molecular weight is 309 g/mol. The molecule has 0 saturated heterocycles. The monoisotopic (exact) mass is 309 g/mol. The summed E-state index contributed by atoms with van der Waals surface area (Å²) in [4.78, 5) is 28.3. The highest BCUT2D eigenvalue weighted by molar-refractivity contribution is 5.68. The minimum atomic E-state index is -0.909. The molecule has 1 atom stereocenters. The zero-order valence-electron chi connectivity index (χ0n) is 13.0. The zero-order valence-corrected chi connectivity index (χ0v) is 13.0. The third-order valence-electron chi connectivity index (χ3n) is 2.61. The summed E-state index contributed by atoms with van der Waals surface area (Å²) in [6.07, 6.45) is 1.94. The maximum atomic E-state index is 12.9. The molecule has 1 aromatic heterocycles. The highest BCUT2D eigenvalue weighted by Crippen LogP contribution is 2.18. The molecule has 7 heteroatoms. The predicted octanol–water partition coefficient (Wildman–Crippen LogP) is 3.45. The van der Waals surface area contributed by atoms with E-state index in [1.54, 1.807) is 20.8 Å². The maximum absolute atomic E-state index is 12.9. The lowest BCUT2D eigenvalue weighted by molar-refractivity contribution is 0.0261. The van der Waals surface area contributed by atoms with Crippen LogP contribution in [0.25, 0.3) is 0 Å². The van der Waals surface area contributed by atoms with Gasteiger partial charge in [-0.25, -0.2) is 9.18 Å². The van der Waals surface area contributed by atoms with Gasteiger partial charge in [-0.3, -0.25) is 4.98 Å². The van der Waals surface area contributed by atoms with E-state index in [0.717, 1.165) is 6.20 Å². The van der Waals surface area contributed by atoms with Crippen molar-refractivity contribution in [3.63, 3.8) is 0 Å². The van der Waals surface area contributed by atoms with Gasteiger partial charge in [-0.1, -0.05) is 11.3 Å². The Balaban J connectivity index is 2.87. The first kappa shape index (κ1) is 17.7. The van der Waals surface area contributed by atoms with Gasteiger partial charge in [0, 0.05) is 6.54 Å². The van der Waals surface area contributed by atoms with Gasteiger partial charge in [0.1, 0.15) is 11.4 Å². The summed E-state index contributed by atoms with van der Waals surface area (Å²) in [5.41, 5.74) is -0.372. The number of carbonyl (C=O) groups is 1. The molecule has 0 aliphatic carbocycles. The van der Waals surface area contributed by atoms with Gasteiger partial charge in [-0.2, -0.15) is 4.91 Å². The number of ether oxygens (including phenoxy) is 1. The van der Waals surface area contributed by atoms with Crippen molar-refractivity contribution in [1.29, 1.82) is 0 Å². The first-order valence-corrected chi connectivity index (χ1v) is 6.79. The molecular weight excluding hydrogens is 289 g/mol. The van der Waals surface area contributed by atoms with Crippen LogP contribution in [0.15, 0.2) is 36.2 Å². The zero-order chi connectivity index (χ0) is 16.8. The number of nitroso groups, excluding NO2 is 1. The van der Waals surface area contributed by atoms with Crippen LogP contribution in [0.2, 0.25) is 0 Å². The molecular formula is C15H20FN3O3. The number of amides is 1. The van der Waals surface area contributed by atoms with Gasteiger partial charge in [0.2, 0.25) is 0 Å². The van der Waals surface area contributed by atoms with E-state index in [9.17, 15) is 14.1 Å². The molecule has 0 radical (unpaired) electrons. The van der Waals surface area contributed by atoms with E-state index in [0.29, 0.717) is 0 Å². The standard InChI is InChI=1S/C15H20FN3O3/c1-5-8-19(14(20)22-15(2,3)4)10-13(18-21)12-7-6-11(16)9-17-12/h5-7,9,13H,1,8,10H2,2-4H3. The Bertz CT molecular complexity index is 526. The van der Waals surface area contributed by atoms with Gasteiger partial charge in [-0.05, 0) is 32.9 Å². The fourth-order valence-corrected chi connectivity index (χ4v) is 1.68. The van der Waals surface area contributed by atoms with Crippen molar-refractivity contribution in [2.75, 3.05) is 13.1 Å². The van der Waals surface area contributed by atoms with Gasteiger partial charge < -0.3 is 9.64 Å². The van der Waals surface area contributed by atoms with Crippen LogP contribution in [0.1, 0.15) is 32.5 Å². The first-order valence-electron chi connectivity index (χ1n) is 6.79. The van der Waals surface area contributed by atoms with Crippen LogP contribution >= 0.6 is 0 Å². The molecule has 0 bridgehead atoms.